The van der Waals surface area contributed by atoms with Crippen LogP contribution in [0.5, 0.6) is 0 Å². The molecule has 2 aliphatic heterocycles. The molecule has 1 aromatic heterocycles. The number of nitrogens with one attached hydrogen (secondary N) is 1. The number of aromatic nitrogens is 1. The molecule has 4 rings (SSSR count). The summed E-state index contributed by atoms with van der Waals surface area (Å²) in [5.74, 6) is 0.696. The summed E-state index contributed by atoms with van der Waals surface area (Å²) in [6.07, 6.45) is 1.38. The zero-order valence-corrected chi connectivity index (χ0v) is 14.4. The van der Waals surface area contributed by atoms with Gasteiger partial charge in [-0.3, -0.25) is 9.59 Å². The van der Waals surface area contributed by atoms with Gasteiger partial charge in [0.05, 0.1) is 21.6 Å². The number of hydrogen-bond donors (Lipinski definition) is 1. The molecule has 0 aliphatic carbocycles. The van der Waals surface area contributed by atoms with Crippen LogP contribution in [0.3, 0.4) is 0 Å². The summed E-state index contributed by atoms with van der Waals surface area (Å²) in [7, 11) is 0. The Balaban J connectivity index is 1.45. The van der Waals surface area contributed by atoms with Crippen molar-refractivity contribution in [3.05, 3.63) is 29.3 Å². The van der Waals surface area contributed by atoms with Crippen molar-refractivity contribution in [2.24, 2.45) is 0 Å². The van der Waals surface area contributed by atoms with Gasteiger partial charge in [-0.2, -0.15) is 0 Å². The standard InChI is InChI=1S/C16H17N3O2S2/c1-16-7-6-14(20)19(16)11(9-22-16)15(21)17-8-13-18-10-4-2-3-5-12(10)23-13/h2-5,11H,6-9H2,1H3,(H,17,21). The minimum Gasteiger partial charge on any atom is -0.348 e. The molecule has 1 aromatic carbocycles. The highest BCUT2D eigenvalue weighted by Gasteiger charge is 2.52. The van der Waals surface area contributed by atoms with Crippen LogP contribution < -0.4 is 5.32 Å². The van der Waals surface area contributed by atoms with Crippen molar-refractivity contribution in [2.45, 2.75) is 37.2 Å². The van der Waals surface area contributed by atoms with Gasteiger partial charge in [0.2, 0.25) is 11.8 Å². The van der Waals surface area contributed by atoms with Crippen LogP contribution in [0.4, 0.5) is 0 Å². The van der Waals surface area contributed by atoms with Crippen molar-refractivity contribution in [1.29, 1.82) is 0 Å². The molecule has 1 N–H and O–H groups in total. The Hall–Kier alpha value is -1.60. The molecule has 2 atom stereocenters. The second-order valence-electron chi connectivity index (χ2n) is 6.06. The first-order chi connectivity index (χ1) is 11.1. The predicted octanol–water partition coefficient (Wildman–Crippen LogP) is 2.37. The number of hydrogen-bond acceptors (Lipinski definition) is 5. The van der Waals surface area contributed by atoms with Crippen molar-refractivity contribution in [3.63, 3.8) is 0 Å². The van der Waals surface area contributed by atoms with Gasteiger partial charge in [-0.05, 0) is 25.5 Å². The van der Waals surface area contributed by atoms with Crippen molar-refractivity contribution < 1.29 is 9.59 Å². The van der Waals surface area contributed by atoms with Gasteiger partial charge in [0.25, 0.3) is 0 Å². The van der Waals surface area contributed by atoms with E-state index in [9.17, 15) is 9.59 Å². The molecule has 5 nitrogen and oxygen atoms in total. The van der Waals surface area contributed by atoms with Crippen LogP contribution in [0.2, 0.25) is 0 Å². The van der Waals surface area contributed by atoms with E-state index in [1.807, 2.05) is 24.3 Å². The second kappa shape index (κ2) is 5.49. The summed E-state index contributed by atoms with van der Waals surface area (Å²) in [6.45, 7) is 2.47. The van der Waals surface area contributed by atoms with E-state index in [2.05, 4.69) is 17.2 Å². The average molecular weight is 347 g/mol. The van der Waals surface area contributed by atoms with Crippen molar-refractivity contribution in [1.82, 2.24) is 15.2 Å². The number of para-hydroxylation sites is 1. The summed E-state index contributed by atoms with van der Waals surface area (Å²) >= 11 is 3.30. The van der Waals surface area contributed by atoms with E-state index < -0.39 is 0 Å². The van der Waals surface area contributed by atoms with Gasteiger partial charge >= 0.3 is 0 Å². The average Bonchev–Trinajstić information content (AvgIpc) is 3.18. The lowest BCUT2D eigenvalue weighted by atomic mass is 10.2. The van der Waals surface area contributed by atoms with Gasteiger partial charge < -0.3 is 10.2 Å². The first-order valence-electron chi connectivity index (χ1n) is 7.65. The van der Waals surface area contributed by atoms with E-state index in [4.69, 9.17) is 0 Å². The van der Waals surface area contributed by atoms with Crippen LogP contribution in [-0.4, -0.2) is 38.4 Å². The normalized spacial score (nSPS) is 26.7. The lowest BCUT2D eigenvalue weighted by molar-refractivity contribution is -0.138. The summed E-state index contributed by atoms with van der Waals surface area (Å²) in [4.78, 5) is 30.7. The van der Waals surface area contributed by atoms with Crippen LogP contribution in [0.15, 0.2) is 24.3 Å². The van der Waals surface area contributed by atoms with E-state index in [0.29, 0.717) is 18.7 Å². The van der Waals surface area contributed by atoms with Crippen molar-refractivity contribution in [3.8, 4) is 0 Å². The molecule has 2 unspecified atom stereocenters. The quantitative estimate of drug-likeness (QED) is 0.926. The molecule has 2 aliphatic rings. The predicted molar refractivity (Wildman–Crippen MR) is 92.2 cm³/mol. The fourth-order valence-electron chi connectivity index (χ4n) is 3.29. The van der Waals surface area contributed by atoms with Crippen LogP contribution >= 0.6 is 23.1 Å². The molecule has 23 heavy (non-hydrogen) atoms. The molecule has 0 saturated carbocycles. The molecular formula is C16H17N3O2S2. The lowest BCUT2D eigenvalue weighted by Crippen LogP contribution is -2.49. The summed E-state index contributed by atoms with van der Waals surface area (Å²) < 4.78 is 1.12. The number of benzene rings is 1. The zero-order chi connectivity index (χ0) is 16.0. The van der Waals surface area contributed by atoms with E-state index in [0.717, 1.165) is 21.6 Å². The van der Waals surface area contributed by atoms with Gasteiger partial charge in [-0.15, -0.1) is 23.1 Å². The molecule has 0 radical (unpaired) electrons. The molecule has 2 fully saturated rings. The van der Waals surface area contributed by atoms with E-state index in [-0.39, 0.29) is 22.7 Å². The number of carbonyl (C=O) groups is 2. The Morgan fingerprint density at radius 3 is 3.13 bits per heavy atom. The number of nitrogens with zero attached hydrogens (tertiary/aromatic N) is 2. The van der Waals surface area contributed by atoms with Crippen molar-refractivity contribution >= 4 is 45.1 Å². The van der Waals surface area contributed by atoms with Gasteiger partial charge in [0, 0.05) is 12.2 Å². The minimum atomic E-state index is -0.352. The number of rotatable bonds is 3. The number of carbonyl (C=O) groups excluding carboxylic acids is 2. The van der Waals surface area contributed by atoms with E-state index in [1.54, 1.807) is 28.0 Å². The first kappa shape index (κ1) is 15.0. The molecule has 7 heteroatoms. The summed E-state index contributed by atoms with van der Waals surface area (Å²) in [5, 5.41) is 3.84. The third kappa shape index (κ3) is 2.52. The summed E-state index contributed by atoms with van der Waals surface area (Å²) in [5.41, 5.74) is 0.959. The van der Waals surface area contributed by atoms with Gasteiger partial charge in [0.15, 0.2) is 0 Å². The first-order valence-corrected chi connectivity index (χ1v) is 9.45. The van der Waals surface area contributed by atoms with Gasteiger partial charge in [-0.1, -0.05) is 12.1 Å². The maximum atomic E-state index is 12.5. The van der Waals surface area contributed by atoms with Gasteiger partial charge in [-0.25, -0.2) is 4.98 Å². The molecule has 2 amide bonds. The molecule has 120 valence electrons. The van der Waals surface area contributed by atoms with E-state index >= 15 is 0 Å². The molecular weight excluding hydrogens is 330 g/mol. The van der Waals surface area contributed by atoms with E-state index in [1.165, 1.54) is 0 Å². The SMILES string of the molecule is CC12CCC(=O)N1C(C(=O)NCc1nc3ccccc3s1)CS2. The second-order valence-corrected chi connectivity index (χ2v) is 8.68. The Kier molecular flexibility index (Phi) is 3.57. The van der Waals surface area contributed by atoms with Gasteiger partial charge in [0.1, 0.15) is 11.0 Å². The molecule has 0 spiro atoms. The Morgan fingerprint density at radius 2 is 2.30 bits per heavy atom. The molecule has 2 aromatic rings. The Morgan fingerprint density at radius 1 is 1.48 bits per heavy atom. The van der Waals surface area contributed by atoms with Crippen LogP contribution in [0.25, 0.3) is 10.2 Å². The number of amides is 2. The fraction of sp³-hybridized carbons (Fsp3) is 0.438. The highest BCUT2D eigenvalue weighted by molar-refractivity contribution is 8.01. The maximum absolute atomic E-state index is 12.5. The lowest BCUT2D eigenvalue weighted by Gasteiger charge is -2.29. The minimum absolute atomic E-state index is 0.0734. The largest absolute Gasteiger partial charge is 0.348 e. The number of thioether (sulfide) groups is 1. The van der Waals surface area contributed by atoms with Crippen LogP contribution in [0, 0.1) is 0 Å². The fourth-order valence-corrected chi connectivity index (χ4v) is 5.63. The molecule has 0 bridgehead atoms. The highest BCUT2D eigenvalue weighted by atomic mass is 32.2. The number of thiazole rings is 1. The third-order valence-corrected chi connectivity index (χ3v) is 7.04. The monoisotopic (exact) mass is 347 g/mol. The Bertz CT molecular complexity index is 757. The zero-order valence-electron chi connectivity index (χ0n) is 12.7. The topological polar surface area (TPSA) is 62.3 Å². The highest BCUT2D eigenvalue weighted by Crippen LogP contribution is 2.47. The molecule has 2 saturated heterocycles. The third-order valence-electron chi connectivity index (χ3n) is 4.50. The maximum Gasteiger partial charge on any atom is 0.244 e. The van der Waals surface area contributed by atoms with Crippen LogP contribution in [0.1, 0.15) is 24.8 Å². The summed E-state index contributed by atoms with van der Waals surface area (Å²) in [6, 6.07) is 7.59. The number of fused-ring (bicyclic) bond motifs is 2. The Labute approximate surface area is 142 Å². The van der Waals surface area contributed by atoms with Crippen LogP contribution in [-0.2, 0) is 16.1 Å². The van der Waals surface area contributed by atoms with Crippen molar-refractivity contribution in [2.75, 3.05) is 5.75 Å². The smallest absolute Gasteiger partial charge is 0.244 e. The molecule has 3 heterocycles.